The van der Waals surface area contributed by atoms with E-state index in [1.807, 2.05) is 24.3 Å². The number of nitrogens with zero attached hydrogens (tertiary/aromatic N) is 1. The van der Waals surface area contributed by atoms with Gasteiger partial charge in [-0.15, -0.1) is 0 Å². The number of carbonyl (C=O) groups is 1. The first-order valence-electron chi connectivity index (χ1n) is 9.44. The fourth-order valence-corrected chi connectivity index (χ4v) is 2.89. The molecule has 8 nitrogen and oxygen atoms in total. The van der Waals surface area contributed by atoms with Crippen LogP contribution in [0.3, 0.4) is 0 Å². The van der Waals surface area contributed by atoms with Crippen LogP contribution in [0.1, 0.15) is 11.3 Å². The summed E-state index contributed by atoms with van der Waals surface area (Å²) in [4.78, 5) is 12.2. The number of aromatic nitrogens is 1. The normalized spacial score (nSPS) is 10.7. The highest BCUT2D eigenvalue weighted by molar-refractivity contribution is 5.91. The van der Waals surface area contributed by atoms with Crippen LogP contribution >= 0.6 is 0 Å². The lowest BCUT2D eigenvalue weighted by atomic mass is 10.1. The number of hydrogen-bond donors (Lipinski definition) is 1. The molecular formula is C23H24N2O6. The molecule has 0 bridgehead atoms. The summed E-state index contributed by atoms with van der Waals surface area (Å²) in [6, 6.07) is 12.7. The summed E-state index contributed by atoms with van der Waals surface area (Å²) in [5.41, 5.74) is 2.21. The lowest BCUT2D eigenvalue weighted by Gasteiger charge is -2.12. The van der Waals surface area contributed by atoms with Crippen molar-refractivity contribution in [3.63, 3.8) is 0 Å². The van der Waals surface area contributed by atoms with Crippen molar-refractivity contribution in [2.45, 2.75) is 6.54 Å². The van der Waals surface area contributed by atoms with Gasteiger partial charge in [0.05, 0.1) is 35.0 Å². The summed E-state index contributed by atoms with van der Waals surface area (Å²) < 4.78 is 26.4. The molecule has 162 valence electrons. The van der Waals surface area contributed by atoms with Gasteiger partial charge >= 0.3 is 0 Å². The van der Waals surface area contributed by atoms with E-state index in [0.29, 0.717) is 28.7 Å². The van der Waals surface area contributed by atoms with Crippen LogP contribution < -0.4 is 24.3 Å². The van der Waals surface area contributed by atoms with Gasteiger partial charge in [0, 0.05) is 17.7 Å². The van der Waals surface area contributed by atoms with Gasteiger partial charge in [-0.3, -0.25) is 4.79 Å². The average Bonchev–Trinajstić information content (AvgIpc) is 3.29. The smallest absolute Gasteiger partial charge is 0.244 e. The van der Waals surface area contributed by atoms with E-state index in [4.69, 9.17) is 23.5 Å². The number of nitrogens with one attached hydrogen (secondary N) is 1. The highest BCUT2D eigenvalue weighted by Gasteiger charge is 2.12. The summed E-state index contributed by atoms with van der Waals surface area (Å²) in [7, 11) is 6.22. The van der Waals surface area contributed by atoms with Gasteiger partial charge in [0.1, 0.15) is 11.4 Å². The van der Waals surface area contributed by atoms with Gasteiger partial charge in [0.25, 0.3) is 0 Å². The molecule has 8 heteroatoms. The number of carbonyl (C=O) groups excluding carboxylic acids is 1. The van der Waals surface area contributed by atoms with Crippen LogP contribution in [0.4, 0.5) is 0 Å². The molecular weight excluding hydrogens is 400 g/mol. The summed E-state index contributed by atoms with van der Waals surface area (Å²) in [5, 5.41) is 6.77. The van der Waals surface area contributed by atoms with E-state index in [9.17, 15) is 4.79 Å². The first-order valence-corrected chi connectivity index (χ1v) is 9.44. The molecule has 0 aliphatic rings. The number of rotatable bonds is 9. The fraction of sp³-hybridized carbons (Fsp3) is 0.217. The molecule has 0 radical (unpaired) electrons. The minimum absolute atomic E-state index is 0.234. The zero-order valence-electron chi connectivity index (χ0n) is 17.8. The van der Waals surface area contributed by atoms with Gasteiger partial charge in [-0.25, -0.2) is 0 Å². The molecule has 0 saturated heterocycles. The van der Waals surface area contributed by atoms with Crippen molar-refractivity contribution < 1.29 is 28.3 Å². The Kier molecular flexibility index (Phi) is 7.16. The lowest BCUT2D eigenvalue weighted by molar-refractivity contribution is -0.116. The molecule has 0 aliphatic heterocycles. The van der Waals surface area contributed by atoms with Crippen LogP contribution in [0.5, 0.6) is 23.0 Å². The molecule has 1 heterocycles. The Morgan fingerprint density at radius 2 is 1.65 bits per heavy atom. The Hall–Kier alpha value is -3.94. The van der Waals surface area contributed by atoms with E-state index in [1.54, 1.807) is 31.4 Å². The summed E-state index contributed by atoms with van der Waals surface area (Å²) >= 11 is 0. The third-order valence-corrected chi connectivity index (χ3v) is 4.49. The molecule has 0 fully saturated rings. The minimum atomic E-state index is -0.275. The standard InChI is InChI=1S/C23H24N2O6/c1-27-18-8-6-16(7-9-18)19-13-17(25-31-19)14-24-22(26)10-5-15-11-20(28-2)23(30-4)21(12-15)29-3/h5-13H,14H2,1-4H3,(H,24,26)/b10-5-. The first-order chi connectivity index (χ1) is 15.1. The second-order valence-electron chi connectivity index (χ2n) is 6.42. The molecule has 1 aromatic heterocycles. The van der Waals surface area contributed by atoms with Gasteiger partial charge in [0.15, 0.2) is 17.3 Å². The predicted molar refractivity (Wildman–Crippen MR) is 115 cm³/mol. The van der Waals surface area contributed by atoms with Crippen molar-refractivity contribution in [1.29, 1.82) is 0 Å². The maximum absolute atomic E-state index is 12.2. The second-order valence-corrected chi connectivity index (χ2v) is 6.42. The van der Waals surface area contributed by atoms with E-state index in [2.05, 4.69) is 10.5 Å². The van der Waals surface area contributed by atoms with Crippen molar-refractivity contribution in [2.24, 2.45) is 0 Å². The number of amides is 1. The molecule has 1 N–H and O–H groups in total. The Morgan fingerprint density at radius 3 is 2.23 bits per heavy atom. The predicted octanol–water partition coefficient (Wildman–Crippen LogP) is 3.71. The van der Waals surface area contributed by atoms with E-state index >= 15 is 0 Å². The van der Waals surface area contributed by atoms with Crippen LogP contribution in [0.2, 0.25) is 0 Å². The van der Waals surface area contributed by atoms with Gasteiger partial charge in [-0.1, -0.05) is 5.16 Å². The molecule has 0 aliphatic carbocycles. The van der Waals surface area contributed by atoms with Crippen LogP contribution in [0.25, 0.3) is 17.4 Å². The molecule has 0 atom stereocenters. The van der Waals surface area contributed by atoms with Gasteiger partial charge in [-0.05, 0) is 48.0 Å². The number of ether oxygens (including phenoxy) is 4. The molecule has 3 rings (SSSR count). The fourth-order valence-electron chi connectivity index (χ4n) is 2.89. The van der Waals surface area contributed by atoms with Crippen molar-refractivity contribution in [1.82, 2.24) is 10.5 Å². The Balaban J connectivity index is 1.61. The molecule has 2 aromatic carbocycles. The van der Waals surface area contributed by atoms with Gasteiger partial charge in [-0.2, -0.15) is 0 Å². The van der Waals surface area contributed by atoms with E-state index < -0.39 is 0 Å². The Morgan fingerprint density at radius 1 is 0.968 bits per heavy atom. The molecule has 31 heavy (non-hydrogen) atoms. The topological polar surface area (TPSA) is 92.1 Å². The molecule has 0 saturated carbocycles. The zero-order valence-corrected chi connectivity index (χ0v) is 17.8. The van der Waals surface area contributed by atoms with Crippen LogP contribution in [-0.4, -0.2) is 39.5 Å². The summed E-state index contributed by atoms with van der Waals surface area (Å²) in [6.07, 6.45) is 3.08. The third kappa shape index (κ3) is 5.36. The largest absolute Gasteiger partial charge is 0.497 e. The van der Waals surface area contributed by atoms with Crippen LogP contribution in [0, 0.1) is 0 Å². The summed E-state index contributed by atoms with van der Waals surface area (Å²) in [5.74, 6) is 2.61. The van der Waals surface area contributed by atoms with Crippen molar-refractivity contribution in [2.75, 3.05) is 28.4 Å². The van der Waals surface area contributed by atoms with Crippen molar-refractivity contribution in [3.05, 3.63) is 59.8 Å². The van der Waals surface area contributed by atoms with Crippen LogP contribution in [0.15, 0.2) is 53.1 Å². The van der Waals surface area contributed by atoms with E-state index in [1.165, 1.54) is 27.4 Å². The maximum Gasteiger partial charge on any atom is 0.244 e. The van der Waals surface area contributed by atoms with Gasteiger partial charge < -0.3 is 28.8 Å². The molecule has 1 amide bonds. The van der Waals surface area contributed by atoms with Crippen molar-refractivity contribution >= 4 is 12.0 Å². The lowest BCUT2D eigenvalue weighted by Crippen LogP contribution is -2.20. The monoisotopic (exact) mass is 424 g/mol. The van der Waals surface area contributed by atoms with Crippen LogP contribution in [-0.2, 0) is 11.3 Å². The van der Waals surface area contributed by atoms with E-state index in [0.717, 1.165) is 16.9 Å². The molecule has 0 unspecified atom stereocenters. The molecule has 0 spiro atoms. The second kappa shape index (κ2) is 10.2. The Labute approximate surface area is 180 Å². The Bertz CT molecular complexity index is 1030. The van der Waals surface area contributed by atoms with Crippen molar-refractivity contribution in [3.8, 4) is 34.3 Å². The highest BCUT2D eigenvalue weighted by Crippen LogP contribution is 2.38. The number of hydrogen-bond acceptors (Lipinski definition) is 7. The minimum Gasteiger partial charge on any atom is -0.497 e. The number of methoxy groups -OCH3 is 4. The SMILES string of the molecule is COc1ccc(-c2cc(CNC(=O)/C=C\c3cc(OC)c(OC)c(OC)c3)no2)cc1. The van der Waals surface area contributed by atoms with E-state index in [-0.39, 0.29) is 12.5 Å². The number of benzene rings is 2. The van der Waals surface area contributed by atoms with Gasteiger partial charge in [0.2, 0.25) is 11.7 Å². The third-order valence-electron chi connectivity index (χ3n) is 4.49. The highest BCUT2D eigenvalue weighted by atomic mass is 16.5. The maximum atomic E-state index is 12.2. The first kappa shape index (κ1) is 21.8. The average molecular weight is 424 g/mol. The zero-order chi connectivity index (χ0) is 22.2. The molecule has 3 aromatic rings. The quantitative estimate of drug-likeness (QED) is 0.524. The summed E-state index contributed by atoms with van der Waals surface area (Å²) in [6.45, 7) is 0.234.